The molecule has 12 heavy (non-hydrogen) atoms. The summed E-state index contributed by atoms with van der Waals surface area (Å²) in [7, 11) is 0. The average Bonchev–Trinajstić information content (AvgIpc) is 1.98. The van der Waals surface area contributed by atoms with Crippen LogP contribution in [0.15, 0.2) is 0 Å². The van der Waals surface area contributed by atoms with Gasteiger partial charge in [0, 0.05) is 12.6 Å². The van der Waals surface area contributed by atoms with Crippen LogP contribution in [-0.2, 0) is 4.74 Å². The summed E-state index contributed by atoms with van der Waals surface area (Å²) in [4.78, 5) is 0. The van der Waals surface area contributed by atoms with Crippen molar-refractivity contribution in [2.24, 2.45) is 0 Å². The smallest absolute Gasteiger partial charge is 0.0624 e. The topological polar surface area (TPSA) is 21.3 Å². The van der Waals surface area contributed by atoms with Crippen LogP contribution in [0.5, 0.6) is 0 Å². The molecule has 0 fully saturated rings. The van der Waals surface area contributed by atoms with Gasteiger partial charge in [-0.2, -0.15) is 0 Å². The van der Waals surface area contributed by atoms with Crippen molar-refractivity contribution in [3.8, 4) is 0 Å². The standard InChI is InChI=1S/C10H23NO/c1-6-10(4,5)12-8-7-11-9(2)3/h9,11H,6-8H2,1-5H3. The summed E-state index contributed by atoms with van der Waals surface area (Å²) in [6.07, 6.45) is 1.06. The van der Waals surface area contributed by atoms with Crippen molar-refractivity contribution in [1.82, 2.24) is 5.32 Å². The Morgan fingerprint density at radius 3 is 2.33 bits per heavy atom. The van der Waals surface area contributed by atoms with E-state index in [0.717, 1.165) is 19.6 Å². The Morgan fingerprint density at radius 1 is 1.33 bits per heavy atom. The fraction of sp³-hybridized carbons (Fsp3) is 1.00. The first kappa shape index (κ1) is 11.9. The van der Waals surface area contributed by atoms with E-state index in [9.17, 15) is 0 Å². The van der Waals surface area contributed by atoms with Crippen molar-refractivity contribution in [3.63, 3.8) is 0 Å². The molecule has 0 aliphatic rings. The molecule has 2 heteroatoms. The Balaban J connectivity index is 3.31. The monoisotopic (exact) mass is 173 g/mol. The summed E-state index contributed by atoms with van der Waals surface area (Å²) in [6.45, 7) is 12.4. The highest BCUT2D eigenvalue weighted by Crippen LogP contribution is 2.12. The zero-order chi connectivity index (χ0) is 9.61. The molecule has 0 saturated heterocycles. The summed E-state index contributed by atoms with van der Waals surface area (Å²) in [6, 6.07) is 0.554. The molecule has 0 bridgehead atoms. The van der Waals surface area contributed by atoms with Crippen LogP contribution in [-0.4, -0.2) is 24.8 Å². The zero-order valence-corrected chi connectivity index (χ0v) is 9.11. The molecule has 0 aliphatic heterocycles. The maximum atomic E-state index is 5.67. The Morgan fingerprint density at radius 2 is 1.92 bits per heavy atom. The number of rotatable bonds is 6. The van der Waals surface area contributed by atoms with E-state index < -0.39 is 0 Å². The molecular weight excluding hydrogens is 150 g/mol. The molecule has 0 rings (SSSR count). The van der Waals surface area contributed by atoms with Crippen LogP contribution in [0, 0.1) is 0 Å². The highest BCUT2D eigenvalue weighted by Gasteiger charge is 2.14. The quantitative estimate of drug-likeness (QED) is 0.622. The molecule has 0 aromatic carbocycles. The highest BCUT2D eigenvalue weighted by molar-refractivity contribution is 4.65. The molecule has 1 N–H and O–H groups in total. The first-order valence-electron chi connectivity index (χ1n) is 4.85. The van der Waals surface area contributed by atoms with Crippen LogP contribution >= 0.6 is 0 Å². The minimum atomic E-state index is 0.0403. The van der Waals surface area contributed by atoms with Crippen molar-refractivity contribution in [2.45, 2.75) is 52.7 Å². The second-order valence-electron chi connectivity index (χ2n) is 4.07. The normalized spacial score (nSPS) is 12.5. The van der Waals surface area contributed by atoms with Gasteiger partial charge in [0.05, 0.1) is 12.2 Å². The van der Waals surface area contributed by atoms with E-state index in [4.69, 9.17) is 4.74 Å². The molecule has 0 amide bonds. The van der Waals surface area contributed by atoms with Crippen LogP contribution < -0.4 is 5.32 Å². The van der Waals surface area contributed by atoms with Crippen LogP contribution in [0.2, 0.25) is 0 Å². The van der Waals surface area contributed by atoms with Gasteiger partial charge in [-0.15, -0.1) is 0 Å². The van der Waals surface area contributed by atoms with Gasteiger partial charge in [-0.05, 0) is 20.3 Å². The van der Waals surface area contributed by atoms with Crippen LogP contribution in [0.25, 0.3) is 0 Å². The number of ether oxygens (including phenoxy) is 1. The lowest BCUT2D eigenvalue weighted by atomic mass is 10.1. The van der Waals surface area contributed by atoms with Gasteiger partial charge >= 0.3 is 0 Å². The molecule has 0 heterocycles. The van der Waals surface area contributed by atoms with Gasteiger partial charge in [-0.3, -0.25) is 0 Å². The molecule has 0 spiro atoms. The van der Waals surface area contributed by atoms with Crippen LogP contribution in [0.4, 0.5) is 0 Å². The number of hydrogen-bond donors (Lipinski definition) is 1. The largest absolute Gasteiger partial charge is 0.374 e. The minimum absolute atomic E-state index is 0.0403. The van der Waals surface area contributed by atoms with Crippen molar-refractivity contribution in [3.05, 3.63) is 0 Å². The predicted octanol–water partition coefficient (Wildman–Crippen LogP) is 2.19. The SMILES string of the molecule is CCC(C)(C)OCCNC(C)C. The predicted molar refractivity (Wildman–Crippen MR) is 53.5 cm³/mol. The lowest BCUT2D eigenvalue weighted by Crippen LogP contribution is -2.31. The highest BCUT2D eigenvalue weighted by atomic mass is 16.5. The minimum Gasteiger partial charge on any atom is -0.374 e. The van der Waals surface area contributed by atoms with Gasteiger partial charge in [0.15, 0.2) is 0 Å². The molecule has 0 aliphatic carbocycles. The molecule has 0 aromatic heterocycles. The molecule has 2 nitrogen and oxygen atoms in total. The van der Waals surface area contributed by atoms with Gasteiger partial charge in [0.1, 0.15) is 0 Å². The summed E-state index contributed by atoms with van der Waals surface area (Å²) in [5, 5.41) is 3.32. The lowest BCUT2D eigenvalue weighted by Gasteiger charge is -2.23. The van der Waals surface area contributed by atoms with Crippen molar-refractivity contribution in [2.75, 3.05) is 13.2 Å². The third-order valence-electron chi connectivity index (χ3n) is 2.00. The molecule has 0 aromatic rings. The summed E-state index contributed by atoms with van der Waals surface area (Å²) in [5.74, 6) is 0. The third kappa shape index (κ3) is 6.62. The Bertz CT molecular complexity index is 110. The molecule has 0 atom stereocenters. The average molecular weight is 173 g/mol. The molecule has 0 saturated carbocycles. The fourth-order valence-corrected chi connectivity index (χ4v) is 0.777. The van der Waals surface area contributed by atoms with Gasteiger partial charge in [-0.1, -0.05) is 20.8 Å². The molecule has 74 valence electrons. The van der Waals surface area contributed by atoms with E-state index in [1.807, 2.05) is 0 Å². The Labute approximate surface area is 76.7 Å². The van der Waals surface area contributed by atoms with E-state index in [2.05, 4.69) is 39.9 Å². The van der Waals surface area contributed by atoms with Crippen molar-refractivity contribution in [1.29, 1.82) is 0 Å². The van der Waals surface area contributed by atoms with E-state index in [-0.39, 0.29) is 5.60 Å². The van der Waals surface area contributed by atoms with E-state index in [1.54, 1.807) is 0 Å². The lowest BCUT2D eigenvalue weighted by molar-refractivity contribution is -0.0184. The Hall–Kier alpha value is -0.0800. The fourth-order valence-electron chi connectivity index (χ4n) is 0.777. The zero-order valence-electron chi connectivity index (χ0n) is 9.11. The second-order valence-corrected chi connectivity index (χ2v) is 4.07. The van der Waals surface area contributed by atoms with E-state index >= 15 is 0 Å². The van der Waals surface area contributed by atoms with Crippen molar-refractivity contribution >= 4 is 0 Å². The Kier molecular flexibility index (Phi) is 5.51. The number of hydrogen-bond acceptors (Lipinski definition) is 2. The third-order valence-corrected chi connectivity index (χ3v) is 2.00. The molecule has 0 radical (unpaired) electrons. The second kappa shape index (κ2) is 5.55. The van der Waals surface area contributed by atoms with Gasteiger partial charge in [0.25, 0.3) is 0 Å². The molecule has 0 unspecified atom stereocenters. The summed E-state index contributed by atoms with van der Waals surface area (Å²) in [5.41, 5.74) is 0.0403. The van der Waals surface area contributed by atoms with Crippen LogP contribution in [0.1, 0.15) is 41.0 Å². The maximum absolute atomic E-state index is 5.67. The number of nitrogens with one attached hydrogen (secondary N) is 1. The summed E-state index contributed by atoms with van der Waals surface area (Å²) >= 11 is 0. The van der Waals surface area contributed by atoms with Gasteiger partial charge < -0.3 is 10.1 Å². The maximum Gasteiger partial charge on any atom is 0.0624 e. The first-order valence-corrected chi connectivity index (χ1v) is 4.85. The van der Waals surface area contributed by atoms with Crippen LogP contribution in [0.3, 0.4) is 0 Å². The first-order chi connectivity index (χ1) is 5.48. The summed E-state index contributed by atoms with van der Waals surface area (Å²) < 4.78 is 5.67. The van der Waals surface area contributed by atoms with Gasteiger partial charge in [0.2, 0.25) is 0 Å². The molecular formula is C10H23NO. The van der Waals surface area contributed by atoms with E-state index in [0.29, 0.717) is 6.04 Å². The van der Waals surface area contributed by atoms with Crippen molar-refractivity contribution < 1.29 is 4.74 Å². The van der Waals surface area contributed by atoms with Gasteiger partial charge in [-0.25, -0.2) is 0 Å². The van der Waals surface area contributed by atoms with E-state index in [1.165, 1.54) is 0 Å².